The quantitative estimate of drug-likeness (QED) is 0.838. The monoisotopic (exact) mass is 265 g/mol. The van der Waals surface area contributed by atoms with Crippen molar-refractivity contribution in [2.75, 3.05) is 6.54 Å². The Kier molecular flexibility index (Phi) is 4.96. The normalized spacial score (nSPS) is 23.3. The average molecular weight is 265 g/mol. The minimum absolute atomic E-state index is 0.0165. The van der Waals surface area contributed by atoms with Crippen molar-refractivity contribution in [3.8, 4) is 0 Å². The highest BCUT2D eigenvalue weighted by atomic mass is 16.3. The third-order valence-electron chi connectivity index (χ3n) is 3.79. The molecule has 2 rings (SSSR count). The number of nitrogens with one attached hydrogen (secondary N) is 1. The minimum atomic E-state index is -0.301. The molecule has 2 atom stereocenters. The van der Waals surface area contributed by atoms with Crippen LogP contribution in [0.1, 0.15) is 38.4 Å². The Morgan fingerprint density at radius 3 is 3.16 bits per heavy atom. The lowest BCUT2D eigenvalue weighted by atomic mass is 9.87. The number of hydrogen-bond donors (Lipinski definition) is 2. The summed E-state index contributed by atoms with van der Waals surface area (Å²) in [5, 5.41) is 12.5. The fraction of sp³-hybridized carbons (Fsp3) is 0.714. The third-order valence-corrected chi connectivity index (χ3v) is 3.79. The highest BCUT2D eigenvalue weighted by Crippen LogP contribution is 2.24. The molecule has 1 saturated carbocycles. The number of aliphatic hydroxyl groups excluding tert-OH is 1. The van der Waals surface area contributed by atoms with E-state index >= 15 is 0 Å². The molecule has 1 aromatic heterocycles. The number of rotatable bonds is 5. The molecule has 0 aliphatic heterocycles. The van der Waals surface area contributed by atoms with Crippen LogP contribution in [0.2, 0.25) is 0 Å². The molecular weight excluding hydrogens is 242 g/mol. The molecule has 1 aliphatic carbocycles. The molecule has 5 heteroatoms. The molecular formula is C14H23N3O2. The van der Waals surface area contributed by atoms with Crippen LogP contribution in [-0.2, 0) is 17.8 Å². The van der Waals surface area contributed by atoms with Gasteiger partial charge in [-0.25, -0.2) is 4.98 Å². The Morgan fingerprint density at radius 2 is 2.42 bits per heavy atom. The highest BCUT2D eigenvalue weighted by molar-refractivity contribution is 5.78. The number of nitrogens with zero attached hydrogens (tertiary/aromatic N) is 2. The first-order valence-corrected chi connectivity index (χ1v) is 7.16. The van der Waals surface area contributed by atoms with Crippen molar-refractivity contribution in [2.24, 2.45) is 5.92 Å². The molecule has 0 spiro atoms. The number of amides is 1. The molecule has 0 radical (unpaired) electrons. The van der Waals surface area contributed by atoms with E-state index in [9.17, 15) is 9.90 Å². The first-order valence-electron chi connectivity index (χ1n) is 7.16. The summed E-state index contributed by atoms with van der Waals surface area (Å²) in [6, 6.07) is 0. The zero-order valence-corrected chi connectivity index (χ0v) is 11.5. The summed E-state index contributed by atoms with van der Waals surface area (Å²) < 4.78 is 2.07. The van der Waals surface area contributed by atoms with Crippen molar-refractivity contribution in [2.45, 2.75) is 51.7 Å². The summed E-state index contributed by atoms with van der Waals surface area (Å²) in [5.74, 6) is 1.11. The van der Waals surface area contributed by atoms with E-state index in [1.165, 1.54) is 0 Å². The molecule has 1 aromatic rings. The van der Waals surface area contributed by atoms with Crippen LogP contribution < -0.4 is 5.32 Å². The lowest BCUT2D eigenvalue weighted by Gasteiger charge is -2.24. The van der Waals surface area contributed by atoms with Crippen molar-refractivity contribution in [3.63, 3.8) is 0 Å². The second-order valence-corrected chi connectivity index (χ2v) is 5.20. The summed E-state index contributed by atoms with van der Waals surface area (Å²) in [7, 11) is 0. The zero-order chi connectivity index (χ0) is 13.7. The van der Waals surface area contributed by atoms with Crippen molar-refractivity contribution >= 4 is 5.91 Å². The van der Waals surface area contributed by atoms with Gasteiger partial charge in [-0.2, -0.15) is 0 Å². The van der Waals surface area contributed by atoms with Crippen molar-refractivity contribution in [1.29, 1.82) is 0 Å². The van der Waals surface area contributed by atoms with Gasteiger partial charge in [0.25, 0.3) is 0 Å². The lowest BCUT2D eigenvalue weighted by Crippen LogP contribution is -2.36. The van der Waals surface area contributed by atoms with E-state index in [0.717, 1.165) is 38.1 Å². The molecule has 1 heterocycles. The van der Waals surface area contributed by atoms with Gasteiger partial charge in [-0.3, -0.25) is 4.79 Å². The van der Waals surface area contributed by atoms with Gasteiger partial charge in [0.1, 0.15) is 5.82 Å². The first-order chi connectivity index (χ1) is 9.20. The molecule has 1 amide bonds. The molecule has 0 unspecified atom stereocenters. The van der Waals surface area contributed by atoms with Crippen LogP contribution in [-0.4, -0.2) is 33.2 Å². The summed E-state index contributed by atoms with van der Waals surface area (Å²) in [6.07, 6.45) is 7.61. The number of aromatic nitrogens is 2. The molecule has 1 aliphatic rings. The van der Waals surface area contributed by atoms with Gasteiger partial charge in [0.05, 0.1) is 6.10 Å². The Morgan fingerprint density at radius 1 is 1.58 bits per heavy atom. The number of imidazole rings is 1. The average Bonchev–Trinajstić information content (AvgIpc) is 2.86. The fourth-order valence-corrected chi connectivity index (χ4v) is 2.70. The molecule has 5 nitrogen and oxygen atoms in total. The predicted octanol–water partition coefficient (Wildman–Crippen LogP) is 1.11. The van der Waals surface area contributed by atoms with Crippen LogP contribution in [0.4, 0.5) is 0 Å². The van der Waals surface area contributed by atoms with Gasteiger partial charge in [-0.15, -0.1) is 0 Å². The van der Waals surface area contributed by atoms with Crippen molar-refractivity contribution in [1.82, 2.24) is 14.9 Å². The molecule has 1 fully saturated rings. The van der Waals surface area contributed by atoms with Crippen LogP contribution in [0.15, 0.2) is 12.4 Å². The summed E-state index contributed by atoms with van der Waals surface area (Å²) >= 11 is 0. The van der Waals surface area contributed by atoms with Gasteiger partial charge in [0.2, 0.25) is 5.91 Å². The smallest absolute Gasteiger partial charge is 0.223 e. The third kappa shape index (κ3) is 3.80. The van der Waals surface area contributed by atoms with E-state index in [-0.39, 0.29) is 17.9 Å². The van der Waals surface area contributed by atoms with Gasteiger partial charge in [-0.05, 0) is 19.3 Å². The Balaban J connectivity index is 1.74. The van der Waals surface area contributed by atoms with E-state index in [1.807, 2.05) is 6.20 Å². The largest absolute Gasteiger partial charge is 0.393 e. The number of aryl methyl sites for hydroxylation is 1. The van der Waals surface area contributed by atoms with Crippen molar-refractivity contribution in [3.05, 3.63) is 18.2 Å². The predicted molar refractivity (Wildman–Crippen MR) is 72.6 cm³/mol. The molecule has 106 valence electrons. The Bertz CT molecular complexity index is 417. The van der Waals surface area contributed by atoms with Gasteiger partial charge in [0.15, 0.2) is 0 Å². The standard InChI is InChI=1S/C14H23N3O2/c1-2-13-15-6-8-17(13)9-7-16-14(19)11-4-3-5-12(18)10-11/h6,8,11-12,18H,2-5,7,9-10H2,1H3,(H,16,19)/t11-,12+/m0/s1. The van der Waals surface area contributed by atoms with Crippen LogP contribution in [0.5, 0.6) is 0 Å². The number of aliphatic hydroxyl groups is 1. The van der Waals surface area contributed by atoms with Crippen molar-refractivity contribution < 1.29 is 9.90 Å². The summed E-state index contributed by atoms with van der Waals surface area (Å²) in [4.78, 5) is 16.2. The lowest BCUT2D eigenvalue weighted by molar-refractivity contribution is -0.127. The Labute approximate surface area is 114 Å². The van der Waals surface area contributed by atoms with Gasteiger partial charge < -0.3 is 15.0 Å². The maximum atomic E-state index is 12.0. The summed E-state index contributed by atoms with van der Waals surface area (Å²) in [6.45, 7) is 3.44. The molecule has 0 bridgehead atoms. The number of carbonyl (C=O) groups excluding carboxylic acids is 1. The maximum Gasteiger partial charge on any atom is 0.223 e. The minimum Gasteiger partial charge on any atom is -0.393 e. The van der Waals surface area contributed by atoms with Gasteiger partial charge in [0, 0.05) is 37.8 Å². The van der Waals surface area contributed by atoms with E-state index in [0.29, 0.717) is 13.0 Å². The van der Waals surface area contributed by atoms with Crippen LogP contribution in [0.3, 0.4) is 0 Å². The molecule has 19 heavy (non-hydrogen) atoms. The second-order valence-electron chi connectivity index (χ2n) is 5.20. The van der Waals surface area contributed by atoms with Gasteiger partial charge in [-0.1, -0.05) is 13.3 Å². The zero-order valence-electron chi connectivity index (χ0n) is 11.5. The number of hydrogen-bond acceptors (Lipinski definition) is 3. The van der Waals surface area contributed by atoms with Gasteiger partial charge >= 0.3 is 0 Å². The molecule has 2 N–H and O–H groups in total. The maximum absolute atomic E-state index is 12.0. The topological polar surface area (TPSA) is 67.2 Å². The highest BCUT2D eigenvalue weighted by Gasteiger charge is 2.25. The van der Waals surface area contributed by atoms with E-state index in [1.54, 1.807) is 6.20 Å². The fourth-order valence-electron chi connectivity index (χ4n) is 2.70. The van der Waals surface area contributed by atoms with Crippen LogP contribution in [0.25, 0.3) is 0 Å². The Hall–Kier alpha value is -1.36. The van der Waals surface area contributed by atoms with E-state index in [4.69, 9.17) is 0 Å². The second kappa shape index (κ2) is 6.70. The van der Waals surface area contributed by atoms with E-state index in [2.05, 4.69) is 21.8 Å². The molecule has 0 aromatic carbocycles. The summed E-state index contributed by atoms with van der Waals surface area (Å²) in [5.41, 5.74) is 0. The molecule has 0 saturated heterocycles. The van der Waals surface area contributed by atoms with E-state index < -0.39 is 0 Å². The number of carbonyl (C=O) groups is 1. The SMILES string of the molecule is CCc1nccn1CCNC(=O)[C@H]1CCC[C@@H](O)C1. The van der Waals surface area contributed by atoms with Crippen LogP contribution in [0, 0.1) is 5.92 Å². The van der Waals surface area contributed by atoms with Crippen LogP contribution >= 0.6 is 0 Å². The first kappa shape index (κ1) is 14.1.